The molecule has 9 nitrogen and oxygen atoms in total. The molecule has 0 fully saturated rings. The van der Waals surface area contributed by atoms with E-state index in [1.54, 1.807) is 36.4 Å². The van der Waals surface area contributed by atoms with E-state index in [9.17, 15) is 14.0 Å². The van der Waals surface area contributed by atoms with Gasteiger partial charge in [-0.25, -0.2) is 14.1 Å². The molecule has 0 aliphatic heterocycles. The first-order chi connectivity index (χ1) is 16.0. The Hall–Kier alpha value is -4.21. The number of carbonyl (C=O) groups is 1. The first kappa shape index (κ1) is 22.0. The average molecular weight is 451 g/mol. The molecule has 10 heteroatoms. The number of nitrogens with zero attached hydrogens (tertiary/aromatic N) is 4. The highest BCUT2D eigenvalue weighted by Crippen LogP contribution is 2.24. The van der Waals surface area contributed by atoms with Gasteiger partial charge in [-0.15, -0.1) is 0 Å². The van der Waals surface area contributed by atoms with Crippen LogP contribution in [-0.4, -0.2) is 46.0 Å². The standard InChI is InChI=1S/C23H22FN5O4/c1-32-16-7-8-17(20(11-16)33-2)22(30)25-9-10-29-21-18(12-27-29)23(31)28(14-26-21)13-15-5-3-4-6-19(15)24/h3-8,11-12,14H,9-10,13H2,1-2H3,(H,25,30). The summed E-state index contributed by atoms with van der Waals surface area (Å²) in [5.41, 5.74) is 0.838. The minimum atomic E-state index is -0.385. The van der Waals surface area contributed by atoms with Crippen LogP contribution in [0.2, 0.25) is 0 Å². The Morgan fingerprint density at radius 3 is 2.73 bits per heavy atom. The van der Waals surface area contributed by atoms with Gasteiger partial charge < -0.3 is 14.8 Å². The van der Waals surface area contributed by atoms with E-state index < -0.39 is 0 Å². The molecule has 0 aliphatic rings. The molecule has 0 aliphatic carbocycles. The fraction of sp³-hybridized carbons (Fsp3) is 0.217. The van der Waals surface area contributed by atoms with E-state index in [2.05, 4.69) is 15.4 Å². The Kier molecular flexibility index (Phi) is 6.34. The maximum atomic E-state index is 13.9. The predicted molar refractivity (Wildman–Crippen MR) is 119 cm³/mol. The zero-order chi connectivity index (χ0) is 23.4. The molecular weight excluding hydrogens is 429 g/mol. The number of hydrogen-bond donors (Lipinski definition) is 1. The van der Waals surface area contributed by atoms with Gasteiger partial charge >= 0.3 is 0 Å². The Balaban J connectivity index is 1.46. The fourth-order valence-corrected chi connectivity index (χ4v) is 3.44. The summed E-state index contributed by atoms with van der Waals surface area (Å²) in [4.78, 5) is 29.7. The topological polar surface area (TPSA) is 100 Å². The molecule has 2 aromatic heterocycles. The Morgan fingerprint density at radius 2 is 1.97 bits per heavy atom. The van der Waals surface area contributed by atoms with Crippen LogP contribution in [0.25, 0.3) is 11.0 Å². The van der Waals surface area contributed by atoms with Crippen molar-refractivity contribution in [3.8, 4) is 11.5 Å². The lowest BCUT2D eigenvalue weighted by Crippen LogP contribution is -2.28. The maximum Gasteiger partial charge on any atom is 0.264 e. The van der Waals surface area contributed by atoms with Gasteiger partial charge in [0.15, 0.2) is 5.65 Å². The van der Waals surface area contributed by atoms with Gasteiger partial charge in [-0.3, -0.25) is 14.2 Å². The van der Waals surface area contributed by atoms with E-state index in [1.807, 2.05) is 0 Å². The van der Waals surface area contributed by atoms with Crippen LogP contribution in [0.4, 0.5) is 4.39 Å². The summed E-state index contributed by atoms with van der Waals surface area (Å²) in [5.74, 6) is 0.280. The van der Waals surface area contributed by atoms with Crippen molar-refractivity contribution in [1.29, 1.82) is 0 Å². The third kappa shape index (κ3) is 4.54. The van der Waals surface area contributed by atoms with Gasteiger partial charge in [0, 0.05) is 18.2 Å². The monoisotopic (exact) mass is 451 g/mol. The number of rotatable bonds is 8. The van der Waals surface area contributed by atoms with Gasteiger partial charge in [-0.05, 0) is 18.2 Å². The molecule has 2 heterocycles. The van der Waals surface area contributed by atoms with Crippen LogP contribution in [0.3, 0.4) is 0 Å². The second-order valence-corrected chi connectivity index (χ2v) is 7.20. The van der Waals surface area contributed by atoms with Crippen molar-refractivity contribution < 1.29 is 18.7 Å². The number of halogens is 1. The van der Waals surface area contributed by atoms with Gasteiger partial charge in [0.2, 0.25) is 0 Å². The predicted octanol–water partition coefficient (Wildman–Crippen LogP) is 2.23. The lowest BCUT2D eigenvalue weighted by atomic mass is 10.1. The van der Waals surface area contributed by atoms with Crippen LogP contribution in [-0.2, 0) is 13.1 Å². The number of ether oxygens (including phenoxy) is 2. The van der Waals surface area contributed by atoms with Crippen molar-refractivity contribution in [2.75, 3.05) is 20.8 Å². The third-order valence-electron chi connectivity index (χ3n) is 5.18. The van der Waals surface area contributed by atoms with Crippen molar-refractivity contribution in [3.63, 3.8) is 0 Å². The number of benzene rings is 2. The minimum Gasteiger partial charge on any atom is -0.497 e. The van der Waals surface area contributed by atoms with E-state index in [4.69, 9.17) is 9.47 Å². The quantitative estimate of drug-likeness (QED) is 0.441. The van der Waals surface area contributed by atoms with E-state index >= 15 is 0 Å². The molecule has 1 amide bonds. The Labute approximate surface area is 188 Å². The summed E-state index contributed by atoms with van der Waals surface area (Å²) in [6.45, 7) is 0.627. The SMILES string of the molecule is COc1ccc(C(=O)NCCn2ncc3c(=O)n(Cc4ccccc4F)cnc32)c(OC)c1. The third-order valence-corrected chi connectivity index (χ3v) is 5.18. The van der Waals surface area contributed by atoms with Crippen LogP contribution in [0, 0.1) is 5.82 Å². The molecule has 4 rings (SSSR count). The largest absolute Gasteiger partial charge is 0.497 e. The summed E-state index contributed by atoms with van der Waals surface area (Å²) in [5, 5.41) is 7.34. The number of hydrogen-bond acceptors (Lipinski definition) is 6. The summed E-state index contributed by atoms with van der Waals surface area (Å²) in [6.07, 6.45) is 2.80. The highest BCUT2D eigenvalue weighted by atomic mass is 19.1. The van der Waals surface area contributed by atoms with Gasteiger partial charge in [0.05, 0.1) is 39.1 Å². The van der Waals surface area contributed by atoms with Crippen LogP contribution in [0.5, 0.6) is 11.5 Å². The van der Waals surface area contributed by atoms with E-state index in [-0.39, 0.29) is 30.4 Å². The Bertz CT molecular complexity index is 1360. The van der Waals surface area contributed by atoms with Crippen LogP contribution in [0.15, 0.2) is 59.8 Å². The van der Waals surface area contributed by atoms with Crippen LogP contribution >= 0.6 is 0 Å². The maximum absolute atomic E-state index is 13.9. The van der Waals surface area contributed by atoms with Gasteiger partial charge in [-0.1, -0.05) is 18.2 Å². The van der Waals surface area contributed by atoms with Gasteiger partial charge in [0.25, 0.3) is 11.5 Å². The molecule has 4 aromatic rings. The number of aromatic nitrogens is 4. The molecule has 2 aromatic carbocycles. The number of fused-ring (bicyclic) bond motifs is 1. The molecule has 0 unspecified atom stereocenters. The van der Waals surface area contributed by atoms with Crippen LogP contribution in [0.1, 0.15) is 15.9 Å². The van der Waals surface area contributed by atoms with Crippen molar-refractivity contribution >= 4 is 16.9 Å². The van der Waals surface area contributed by atoms with Gasteiger partial charge in [0.1, 0.15) is 29.0 Å². The van der Waals surface area contributed by atoms with Crippen molar-refractivity contribution in [1.82, 2.24) is 24.6 Å². The second-order valence-electron chi connectivity index (χ2n) is 7.20. The molecule has 33 heavy (non-hydrogen) atoms. The summed E-state index contributed by atoms with van der Waals surface area (Å²) >= 11 is 0. The second kappa shape index (κ2) is 9.51. The zero-order valence-corrected chi connectivity index (χ0v) is 18.1. The highest BCUT2D eigenvalue weighted by molar-refractivity contribution is 5.97. The molecule has 0 spiro atoms. The lowest BCUT2D eigenvalue weighted by Gasteiger charge is -2.11. The molecule has 0 atom stereocenters. The summed E-state index contributed by atoms with van der Waals surface area (Å²) < 4.78 is 27.2. The lowest BCUT2D eigenvalue weighted by molar-refractivity contribution is 0.0949. The minimum absolute atomic E-state index is 0.0688. The smallest absolute Gasteiger partial charge is 0.264 e. The number of carbonyl (C=O) groups excluding carboxylic acids is 1. The molecular formula is C23H22FN5O4. The first-order valence-corrected chi connectivity index (χ1v) is 10.2. The molecule has 0 saturated heterocycles. The Morgan fingerprint density at radius 1 is 1.15 bits per heavy atom. The fourth-order valence-electron chi connectivity index (χ4n) is 3.44. The van der Waals surface area contributed by atoms with Crippen molar-refractivity contribution in [3.05, 3.63) is 82.3 Å². The number of methoxy groups -OCH3 is 2. The van der Waals surface area contributed by atoms with E-state index in [0.29, 0.717) is 40.2 Å². The average Bonchev–Trinajstić information content (AvgIpc) is 3.25. The normalized spacial score (nSPS) is 10.9. The van der Waals surface area contributed by atoms with Gasteiger partial charge in [-0.2, -0.15) is 5.10 Å². The molecule has 0 saturated carbocycles. The van der Waals surface area contributed by atoms with Crippen molar-refractivity contribution in [2.24, 2.45) is 0 Å². The summed E-state index contributed by atoms with van der Waals surface area (Å²) in [7, 11) is 3.01. The molecule has 0 radical (unpaired) electrons. The van der Waals surface area contributed by atoms with Crippen LogP contribution < -0.4 is 20.3 Å². The zero-order valence-electron chi connectivity index (χ0n) is 18.1. The summed E-state index contributed by atoms with van der Waals surface area (Å²) in [6, 6.07) is 11.2. The highest BCUT2D eigenvalue weighted by Gasteiger charge is 2.15. The van der Waals surface area contributed by atoms with E-state index in [1.165, 1.54) is 42.1 Å². The number of nitrogens with one attached hydrogen (secondary N) is 1. The van der Waals surface area contributed by atoms with E-state index in [0.717, 1.165) is 0 Å². The molecule has 1 N–H and O–H groups in total. The number of amides is 1. The van der Waals surface area contributed by atoms with Crippen molar-refractivity contribution in [2.45, 2.75) is 13.1 Å². The first-order valence-electron chi connectivity index (χ1n) is 10.2. The molecule has 170 valence electrons. The molecule has 0 bridgehead atoms.